The molecule has 2 rings (SSSR count). The summed E-state index contributed by atoms with van der Waals surface area (Å²) in [5.74, 6) is -0.0548. The lowest BCUT2D eigenvalue weighted by molar-refractivity contribution is -0.119. The van der Waals surface area contributed by atoms with Gasteiger partial charge in [0.25, 0.3) is 0 Å². The summed E-state index contributed by atoms with van der Waals surface area (Å²) >= 11 is 5.91. The molecule has 1 aliphatic rings. The Hall–Kier alpha value is -1.31. The van der Waals surface area contributed by atoms with Gasteiger partial charge in [0.15, 0.2) is 0 Å². The molecule has 1 aromatic carbocycles. The standard InChI is InChI=1S/C12H16ClN3O3S/c1-7-4-9(5-10(14)12(7)13)20(18,19)15-6-8-2-3-11(17)16-8/h4-5,8,15H,2-3,6,14H2,1H3,(H,16,17). The summed E-state index contributed by atoms with van der Waals surface area (Å²) in [6.45, 7) is 1.85. The maximum absolute atomic E-state index is 12.2. The summed E-state index contributed by atoms with van der Waals surface area (Å²) < 4.78 is 26.8. The minimum atomic E-state index is -3.67. The molecule has 0 spiro atoms. The molecule has 1 atom stereocenters. The Morgan fingerprint density at radius 1 is 1.50 bits per heavy atom. The van der Waals surface area contributed by atoms with E-state index in [0.29, 0.717) is 23.4 Å². The Labute approximate surface area is 122 Å². The summed E-state index contributed by atoms with van der Waals surface area (Å²) in [5, 5.41) is 3.05. The highest BCUT2D eigenvalue weighted by Gasteiger charge is 2.23. The molecule has 110 valence electrons. The number of halogens is 1. The van der Waals surface area contributed by atoms with Gasteiger partial charge >= 0.3 is 0 Å². The van der Waals surface area contributed by atoms with Gasteiger partial charge in [-0.05, 0) is 31.0 Å². The van der Waals surface area contributed by atoms with E-state index in [4.69, 9.17) is 17.3 Å². The zero-order chi connectivity index (χ0) is 14.9. The van der Waals surface area contributed by atoms with Crippen LogP contribution in [0.4, 0.5) is 5.69 Å². The first-order valence-corrected chi connectivity index (χ1v) is 8.00. The lowest BCUT2D eigenvalue weighted by Crippen LogP contribution is -2.38. The number of anilines is 1. The van der Waals surface area contributed by atoms with E-state index in [1.165, 1.54) is 12.1 Å². The van der Waals surface area contributed by atoms with Gasteiger partial charge < -0.3 is 11.1 Å². The van der Waals surface area contributed by atoms with Crippen LogP contribution in [0.3, 0.4) is 0 Å². The van der Waals surface area contributed by atoms with Crippen LogP contribution >= 0.6 is 11.6 Å². The highest BCUT2D eigenvalue weighted by Crippen LogP contribution is 2.26. The number of aryl methyl sites for hydroxylation is 1. The molecule has 0 aliphatic carbocycles. The molecule has 1 aromatic rings. The fourth-order valence-electron chi connectivity index (χ4n) is 2.04. The van der Waals surface area contributed by atoms with Crippen molar-refractivity contribution >= 4 is 33.2 Å². The van der Waals surface area contributed by atoms with Gasteiger partial charge in [0.2, 0.25) is 15.9 Å². The zero-order valence-electron chi connectivity index (χ0n) is 10.9. The summed E-state index contributed by atoms with van der Waals surface area (Å²) in [7, 11) is -3.67. The van der Waals surface area contributed by atoms with E-state index in [1.807, 2.05) is 0 Å². The number of hydrogen-bond acceptors (Lipinski definition) is 4. The normalized spacial score (nSPS) is 19.1. The first kappa shape index (κ1) is 15.1. The van der Waals surface area contributed by atoms with E-state index in [9.17, 15) is 13.2 Å². The van der Waals surface area contributed by atoms with Gasteiger partial charge in [0.05, 0.1) is 15.6 Å². The number of nitrogens with one attached hydrogen (secondary N) is 2. The summed E-state index contributed by atoms with van der Waals surface area (Å²) in [5.41, 5.74) is 6.50. The fourth-order valence-corrected chi connectivity index (χ4v) is 3.35. The molecular weight excluding hydrogens is 302 g/mol. The van der Waals surface area contributed by atoms with Crippen molar-refractivity contribution in [2.24, 2.45) is 0 Å². The third kappa shape index (κ3) is 3.23. The van der Waals surface area contributed by atoms with Crippen LogP contribution < -0.4 is 15.8 Å². The number of sulfonamides is 1. The van der Waals surface area contributed by atoms with Crippen molar-refractivity contribution in [2.45, 2.75) is 30.7 Å². The van der Waals surface area contributed by atoms with Crippen LogP contribution in [0.15, 0.2) is 17.0 Å². The molecule has 20 heavy (non-hydrogen) atoms. The molecular formula is C12H16ClN3O3S. The average molecular weight is 318 g/mol. The largest absolute Gasteiger partial charge is 0.397 e. The Bertz CT molecular complexity index is 622. The second-order valence-electron chi connectivity index (χ2n) is 4.80. The molecule has 1 aliphatic heterocycles. The maximum atomic E-state index is 12.2. The second-order valence-corrected chi connectivity index (χ2v) is 6.94. The van der Waals surface area contributed by atoms with Gasteiger partial charge in [-0.25, -0.2) is 13.1 Å². The zero-order valence-corrected chi connectivity index (χ0v) is 12.5. The number of carbonyl (C=O) groups is 1. The van der Waals surface area contributed by atoms with Gasteiger partial charge in [0, 0.05) is 19.0 Å². The summed E-state index contributed by atoms with van der Waals surface area (Å²) in [6, 6.07) is 2.63. The average Bonchev–Trinajstić information content (AvgIpc) is 2.79. The molecule has 0 radical (unpaired) electrons. The van der Waals surface area contributed by atoms with Crippen LogP contribution in [0, 0.1) is 6.92 Å². The maximum Gasteiger partial charge on any atom is 0.240 e. The number of nitrogens with two attached hydrogens (primary N) is 1. The van der Waals surface area contributed by atoms with Crippen molar-refractivity contribution in [3.05, 3.63) is 22.7 Å². The van der Waals surface area contributed by atoms with Crippen LogP contribution in [0.2, 0.25) is 5.02 Å². The molecule has 1 saturated heterocycles. The minimum Gasteiger partial charge on any atom is -0.397 e. The molecule has 0 saturated carbocycles. The first-order chi connectivity index (χ1) is 9.29. The van der Waals surface area contributed by atoms with Gasteiger partial charge in [-0.15, -0.1) is 0 Å². The van der Waals surface area contributed by atoms with Gasteiger partial charge in [-0.2, -0.15) is 0 Å². The van der Waals surface area contributed by atoms with Crippen molar-refractivity contribution in [1.82, 2.24) is 10.0 Å². The number of amides is 1. The van der Waals surface area contributed by atoms with Gasteiger partial charge in [0.1, 0.15) is 0 Å². The molecule has 8 heteroatoms. The van der Waals surface area contributed by atoms with Crippen LogP contribution in [0.25, 0.3) is 0 Å². The molecule has 1 heterocycles. The first-order valence-electron chi connectivity index (χ1n) is 6.14. The van der Waals surface area contributed by atoms with Crippen molar-refractivity contribution in [2.75, 3.05) is 12.3 Å². The number of carbonyl (C=O) groups excluding carboxylic acids is 1. The summed E-state index contributed by atoms with van der Waals surface area (Å²) in [4.78, 5) is 11.1. The minimum absolute atomic E-state index is 0.0548. The monoisotopic (exact) mass is 317 g/mol. The van der Waals surface area contributed by atoms with E-state index in [1.54, 1.807) is 6.92 Å². The topological polar surface area (TPSA) is 101 Å². The smallest absolute Gasteiger partial charge is 0.240 e. The Balaban J connectivity index is 2.12. The predicted molar refractivity (Wildman–Crippen MR) is 77.0 cm³/mol. The Morgan fingerprint density at radius 2 is 2.20 bits per heavy atom. The third-order valence-corrected chi connectivity index (χ3v) is 5.09. The number of rotatable bonds is 4. The molecule has 1 amide bonds. The van der Waals surface area contributed by atoms with Crippen molar-refractivity contribution in [3.63, 3.8) is 0 Å². The van der Waals surface area contributed by atoms with Crippen molar-refractivity contribution in [1.29, 1.82) is 0 Å². The van der Waals surface area contributed by atoms with Crippen molar-refractivity contribution in [3.8, 4) is 0 Å². The second kappa shape index (κ2) is 5.59. The SMILES string of the molecule is Cc1cc(S(=O)(=O)NCC2CCC(=O)N2)cc(N)c1Cl. The van der Waals surface area contributed by atoms with Crippen LogP contribution in [-0.4, -0.2) is 26.9 Å². The third-order valence-electron chi connectivity index (χ3n) is 3.17. The lowest BCUT2D eigenvalue weighted by Gasteiger charge is -2.13. The van der Waals surface area contributed by atoms with Crippen molar-refractivity contribution < 1.29 is 13.2 Å². The van der Waals surface area contributed by atoms with Gasteiger partial charge in [-0.1, -0.05) is 11.6 Å². The number of hydrogen-bond donors (Lipinski definition) is 3. The van der Waals surface area contributed by atoms with E-state index in [2.05, 4.69) is 10.0 Å². The molecule has 4 N–H and O–H groups in total. The van der Waals surface area contributed by atoms with E-state index in [-0.39, 0.29) is 29.1 Å². The summed E-state index contributed by atoms with van der Waals surface area (Å²) in [6.07, 6.45) is 1.06. The molecule has 1 fully saturated rings. The van der Waals surface area contributed by atoms with E-state index >= 15 is 0 Å². The van der Waals surface area contributed by atoms with Crippen LogP contribution in [-0.2, 0) is 14.8 Å². The van der Waals surface area contributed by atoms with Gasteiger partial charge in [-0.3, -0.25) is 4.79 Å². The van der Waals surface area contributed by atoms with Crippen LogP contribution in [0.1, 0.15) is 18.4 Å². The Kier molecular flexibility index (Phi) is 4.22. The van der Waals surface area contributed by atoms with E-state index in [0.717, 1.165) is 0 Å². The van der Waals surface area contributed by atoms with E-state index < -0.39 is 10.0 Å². The Morgan fingerprint density at radius 3 is 2.75 bits per heavy atom. The quantitative estimate of drug-likeness (QED) is 0.714. The molecule has 0 bridgehead atoms. The predicted octanol–water partition coefficient (Wildman–Crippen LogP) is 0.788. The number of benzene rings is 1. The fraction of sp³-hybridized carbons (Fsp3) is 0.417. The number of nitrogen functional groups attached to an aromatic ring is 1. The molecule has 0 aromatic heterocycles. The van der Waals surface area contributed by atoms with Crippen LogP contribution in [0.5, 0.6) is 0 Å². The molecule has 1 unspecified atom stereocenters. The lowest BCUT2D eigenvalue weighted by atomic mass is 10.2. The highest BCUT2D eigenvalue weighted by molar-refractivity contribution is 7.89. The molecule has 6 nitrogen and oxygen atoms in total. The highest BCUT2D eigenvalue weighted by atomic mass is 35.5.